The molecular formula is C18H17Cl2NO4S. The van der Waals surface area contributed by atoms with Crippen molar-refractivity contribution in [3.63, 3.8) is 0 Å². The van der Waals surface area contributed by atoms with Gasteiger partial charge in [0.2, 0.25) is 5.91 Å². The molecule has 0 aliphatic carbocycles. The van der Waals surface area contributed by atoms with Crippen molar-refractivity contribution in [2.45, 2.75) is 19.0 Å². The molecule has 1 aromatic heterocycles. The van der Waals surface area contributed by atoms with E-state index in [0.29, 0.717) is 27.8 Å². The summed E-state index contributed by atoms with van der Waals surface area (Å²) in [7, 11) is -3.12. The number of amides is 1. The Bertz CT molecular complexity index is 923. The lowest BCUT2D eigenvalue weighted by atomic mass is 10.1. The van der Waals surface area contributed by atoms with Crippen molar-refractivity contribution >= 4 is 45.0 Å². The van der Waals surface area contributed by atoms with Gasteiger partial charge in [-0.3, -0.25) is 4.79 Å². The Kier molecular flexibility index (Phi) is 5.75. The molecule has 1 unspecified atom stereocenters. The van der Waals surface area contributed by atoms with Crippen LogP contribution in [0, 0.1) is 0 Å². The van der Waals surface area contributed by atoms with Gasteiger partial charge in [0.1, 0.15) is 5.76 Å². The predicted molar refractivity (Wildman–Crippen MR) is 102 cm³/mol. The number of benzene rings is 1. The van der Waals surface area contributed by atoms with Crippen LogP contribution >= 0.6 is 23.2 Å². The normalized spacial score (nSPS) is 19.1. The molecule has 0 N–H and O–H groups in total. The van der Waals surface area contributed by atoms with Gasteiger partial charge in [-0.2, -0.15) is 0 Å². The van der Waals surface area contributed by atoms with Gasteiger partial charge < -0.3 is 9.32 Å². The first kappa shape index (κ1) is 19.0. The first-order valence-electron chi connectivity index (χ1n) is 8.00. The van der Waals surface area contributed by atoms with Crippen LogP contribution in [0.15, 0.2) is 47.1 Å². The highest BCUT2D eigenvalue weighted by molar-refractivity contribution is 7.91. The summed E-state index contributed by atoms with van der Waals surface area (Å²) < 4.78 is 29.0. The zero-order valence-electron chi connectivity index (χ0n) is 13.8. The second-order valence-electron chi connectivity index (χ2n) is 6.10. The van der Waals surface area contributed by atoms with Gasteiger partial charge in [0, 0.05) is 22.2 Å². The van der Waals surface area contributed by atoms with Crippen molar-refractivity contribution in [3.8, 4) is 0 Å². The van der Waals surface area contributed by atoms with Gasteiger partial charge >= 0.3 is 0 Å². The van der Waals surface area contributed by atoms with Gasteiger partial charge in [0.15, 0.2) is 9.84 Å². The highest BCUT2D eigenvalue weighted by atomic mass is 35.5. The van der Waals surface area contributed by atoms with Crippen LogP contribution in [0.4, 0.5) is 0 Å². The Morgan fingerprint density at radius 1 is 1.31 bits per heavy atom. The molecule has 0 bridgehead atoms. The molecule has 0 saturated carbocycles. The monoisotopic (exact) mass is 413 g/mol. The van der Waals surface area contributed by atoms with Crippen molar-refractivity contribution in [3.05, 3.63) is 64.0 Å². The van der Waals surface area contributed by atoms with E-state index in [2.05, 4.69) is 0 Å². The van der Waals surface area contributed by atoms with E-state index in [1.54, 1.807) is 36.4 Å². The number of carbonyl (C=O) groups is 1. The summed E-state index contributed by atoms with van der Waals surface area (Å²) in [5, 5.41) is 0.941. The average Bonchev–Trinajstić information content (AvgIpc) is 3.20. The van der Waals surface area contributed by atoms with Crippen LogP contribution in [-0.2, 0) is 21.2 Å². The Balaban J connectivity index is 1.81. The van der Waals surface area contributed by atoms with E-state index >= 15 is 0 Å². The minimum absolute atomic E-state index is 0.0327. The zero-order chi connectivity index (χ0) is 18.7. The third-order valence-electron chi connectivity index (χ3n) is 4.21. The van der Waals surface area contributed by atoms with Gasteiger partial charge in [0.25, 0.3) is 0 Å². The van der Waals surface area contributed by atoms with Gasteiger partial charge in [-0.25, -0.2) is 8.42 Å². The molecule has 1 aromatic carbocycles. The Morgan fingerprint density at radius 2 is 2.12 bits per heavy atom. The summed E-state index contributed by atoms with van der Waals surface area (Å²) in [6, 6.07) is 8.10. The Labute approximate surface area is 162 Å². The molecule has 8 heteroatoms. The van der Waals surface area contributed by atoms with E-state index in [0.717, 1.165) is 0 Å². The van der Waals surface area contributed by atoms with Crippen molar-refractivity contribution in [1.82, 2.24) is 4.90 Å². The highest BCUT2D eigenvalue weighted by Crippen LogP contribution is 2.24. The minimum Gasteiger partial charge on any atom is -0.467 e. The van der Waals surface area contributed by atoms with Gasteiger partial charge in [-0.05, 0) is 42.3 Å². The number of furan rings is 1. The van der Waals surface area contributed by atoms with Crippen molar-refractivity contribution in [1.29, 1.82) is 0 Å². The number of nitrogens with zero attached hydrogens (tertiary/aromatic N) is 1. The minimum atomic E-state index is -3.12. The summed E-state index contributed by atoms with van der Waals surface area (Å²) in [6.07, 6.45) is 4.93. The van der Waals surface area contributed by atoms with E-state index in [1.165, 1.54) is 17.2 Å². The molecule has 2 heterocycles. The summed E-state index contributed by atoms with van der Waals surface area (Å²) in [5.41, 5.74) is 0.654. The van der Waals surface area contributed by atoms with E-state index in [-0.39, 0.29) is 30.0 Å². The first-order chi connectivity index (χ1) is 12.3. The smallest absolute Gasteiger partial charge is 0.247 e. The fourth-order valence-electron chi connectivity index (χ4n) is 2.87. The third kappa shape index (κ3) is 4.69. The number of carbonyl (C=O) groups excluding carboxylic acids is 1. The van der Waals surface area contributed by atoms with Gasteiger partial charge in [-0.15, -0.1) is 0 Å². The van der Waals surface area contributed by atoms with Gasteiger partial charge in [-0.1, -0.05) is 29.3 Å². The molecular weight excluding hydrogens is 397 g/mol. The summed E-state index contributed by atoms with van der Waals surface area (Å²) in [6.45, 7) is 0.213. The van der Waals surface area contributed by atoms with Crippen molar-refractivity contribution < 1.29 is 17.6 Å². The van der Waals surface area contributed by atoms with Crippen LogP contribution in [0.5, 0.6) is 0 Å². The highest BCUT2D eigenvalue weighted by Gasteiger charge is 2.34. The second kappa shape index (κ2) is 7.86. The average molecular weight is 414 g/mol. The molecule has 1 saturated heterocycles. The largest absolute Gasteiger partial charge is 0.467 e. The zero-order valence-corrected chi connectivity index (χ0v) is 16.1. The molecule has 5 nitrogen and oxygen atoms in total. The molecule has 1 aliphatic rings. The maximum absolute atomic E-state index is 12.8. The first-order valence-corrected chi connectivity index (χ1v) is 10.6. The number of rotatable bonds is 5. The molecule has 3 rings (SSSR count). The summed E-state index contributed by atoms with van der Waals surface area (Å²) in [5.74, 6) is 0.358. The third-order valence-corrected chi connectivity index (χ3v) is 6.52. The van der Waals surface area contributed by atoms with E-state index < -0.39 is 9.84 Å². The number of hydrogen-bond acceptors (Lipinski definition) is 4. The molecule has 0 spiro atoms. The fourth-order valence-corrected chi connectivity index (χ4v) is 5.07. The molecule has 1 amide bonds. The van der Waals surface area contributed by atoms with Crippen LogP contribution in [0.1, 0.15) is 17.7 Å². The van der Waals surface area contributed by atoms with Crippen molar-refractivity contribution in [2.75, 3.05) is 11.5 Å². The van der Waals surface area contributed by atoms with Crippen LogP contribution in [-0.4, -0.2) is 36.8 Å². The molecule has 1 atom stereocenters. The lowest BCUT2D eigenvalue weighted by Crippen LogP contribution is -2.39. The Hall–Kier alpha value is -1.76. The van der Waals surface area contributed by atoms with Crippen molar-refractivity contribution in [2.24, 2.45) is 0 Å². The second-order valence-corrected chi connectivity index (χ2v) is 9.17. The molecule has 1 aliphatic heterocycles. The SMILES string of the molecule is O=C(/C=C/c1ccc(Cl)cc1Cl)N(Cc1ccco1)C1CCS(=O)(=O)C1. The summed E-state index contributed by atoms with van der Waals surface area (Å²) >= 11 is 12.0. The molecule has 0 radical (unpaired) electrons. The molecule has 1 fully saturated rings. The van der Waals surface area contributed by atoms with E-state index in [4.69, 9.17) is 27.6 Å². The standard InChI is InChI=1S/C18H17Cl2NO4S/c19-14-5-3-13(17(20)10-14)4-6-18(22)21(11-16-2-1-8-25-16)15-7-9-26(23,24)12-15/h1-6,8,10,15H,7,9,11-12H2/b6-4+. The van der Waals surface area contributed by atoms with Gasteiger partial charge in [0.05, 0.1) is 24.3 Å². The van der Waals surface area contributed by atoms with Crippen LogP contribution < -0.4 is 0 Å². The van der Waals surface area contributed by atoms with E-state index in [9.17, 15) is 13.2 Å². The lowest BCUT2D eigenvalue weighted by Gasteiger charge is -2.26. The molecule has 138 valence electrons. The van der Waals surface area contributed by atoms with Crippen LogP contribution in [0.3, 0.4) is 0 Å². The quantitative estimate of drug-likeness (QED) is 0.698. The number of halogens is 2. The van der Waals surface area contributed by atoms with Crippen LogP contribution in [0.25, 0.3) is 6.08 Å². The van der Waals surface area contributed by atoms with Crippen LogP contribution in [0.2, 0.25) is 10.0 Å². The topological polar surface area (TPSA) is 67.6 Å². The number of sulfone groups is 1. The van der Waals surface area contributed by atoms with E-state index in [1.807, 2.05) is 0 Å². The molecule has 26 heavy (non-hydrogen) atoms. The maximum atomic E-state index is 12.8. The predicted octanol–water partition coefficient (Wildman–Crippen LogP) is 3.82. The molecule has 2 aromatic rings. The maximum Gasteiger partial charge on any atom is 0.247 e. The fraction of sp³-hybridized carbons (Fsp3) is 0.278. The summed E-state index contributed by atoms with van der Waals surface area (Å²) in [4.78, 5) is 14.3. The lowest BCUT2D eigenvalue weighted by molar-refractivity contribution is -0.128. The Morgan fingerprint density at radius 3 is 2.73 bits per heavy atom. The number of hydrogen-bond donors (Lipinski definition) is 0.